The van der Waals surface area contributed by atoms with Crippen molar-refractivity contribution in [3.8, 4) is 0 Å². The van der Waals surface area contributed by atoms with Gasteiger partial charge in [0.25, 0.3) is 0 Å². The summed E-state index contributed by atoms with van der Waals surface area (Å²) in [6.45, 7) is 1.98. The topological polar surface area (TPSA) is 32.3 Å². The lowest BCUT2D eigenvalue weighted by Gasteiger charge is -2.44. The highest BCUT2D eigenvalue weighted by Crippen LogP contribution is 2.45. The Morgan fingerprint density at radius 2 is 2.06 bits per heavy atom. The number of carbonyl (C=O) groups excluding carboxylic acids is 1. The van der Waals surface area contributed by atoms with Crippen LogP contribution in [0.1, 0.15) is 44.9 Å². The first kappa shape index (κ1) is 11.5. The average molecular weight is 236 g/mol. The normalized spacial score (nSPS) is 37.4. The molecule has 0 aromatic rings. The second-order valence-electron chi connectivity index (χ2n) is 6.23. The van der Waals surface area contributed by atoms with E-state index in [0.717, 1.165) is 19.5 Å². The van der Waals surface area contributed by atoms with Crippen LogP contribution in [0.2, 0.25) is 0 Å². The molecule has 0 aromatic heterocycles. The molecule has 1 aliphatic heterocycles. The van der Waals surface area contributed by atoms with Crippen molar-refractivity contribution in [1.29, 1.82) is 0 Å². The summed E-state index contributed by atoms with van der Waals surface area (Å²) < 4.78 is 0. The molecule has 0 aromatic carbocycles. The summed E-state index contributed by atoms with van der Waals surface area (Å²) in [7, 11) is 2.03. The van der Waals surface area contributed by atoms with Crippen molar-refractivity contribution < 1.29 is 4.79 Å². The highest BCUT2D eigenvalue weighted by molar-refractivity contribution is 5.84. The number of nitrogens with one attached hydrogen (secondary N) is 1. The van der Waals surface area contributed by atoms with Gasteiger partial charge in [0, 0.05) is 19.6 Å². The lowest BCUT2D eigenvalue weighted by Crippen LogP contribution is -2.52. The van der Waals surface area contributed by atoms with Crippen LogP contribution in [0, 0.1) is 11.3 Å². The Morgan fingerprint density at radius 3 is 2.76 bits per heavy atom. The van der Waals surface area contributed by atoms with Crippen LogP contribution < -0.4 is 5.32 Å². The van der Waals surface area contributed by atoms with Crippen LogP contribution in [-0.4, -0.2) is 37.0 Å². The maximum Gasteiger partial charge on any atom is 0.230 e. The van der Waals surface area contributed by atoms with Crippen molar-refractivity contribution in [3.63, 3.8) is 0 Å². The number of hydrogen-bond donors (Lipinski definition) is 1. The number of amides is 1. The van der Waals surface area contributed by atoms with Crippen LogP contribution in [0.15, 0.2) is 0 Å². The molecule has 2 saturated carbocycles. The van der Waals surface area contributed by atoms with Gasteiger partial charge in [0.1, 0.15) is 0 Å². The van der Waals surface area contributed by atoms with Gasteiger partial charge in [-0.3, -0.25) is 4.79 Å². The molecule has 0 radical (unpaired) electrons. The largest absolute Gasteiger partial charge is 0.342 e. The van der Waals surface area contributed by atoms with E-state index in [1.165, 1.54) is 38.5 Å². The van der Waals surface area contributed by atoms with Gasteiger partial charge in [0.05, 0.1) is 5.41 Å². The molecule has 2 atom stereocenters. The number of rotatable bonds is 2. The van der Waals surface area contributed by atoms with Crippen molar-refractivity contribution in [2.45, 2.75) is 51.0 Å². The highest BCUT2D eigenvalue weighted by Gasteiger charge is 2.51. The van der Waals surface area contributed by atoms with Crippen LogP contribution in [0.5, 0.6) is 0 Å². The molecule has 1 N–H and O–H groups in total. The Hall–Kier alpha value is -0.570. The molecule has 2 aliphatic carbocycles. The first-order valence-electron chi connectivity index (χ1n) is 7.22. The summed E-state index contributed by atoms with van der Waals surface area (Å²) in [5.41, 5.74) is -0.0391. The van der Waals surface area contributed by atoms with Crippen LogP contribution in [0.25, 0.3) is 0 Å². The Balaban J connectivity index is 1.77. The van der Waals surface area contributed by atoms with Crippen LogP contribution >= 0.6 is 0 Å². The lowest BCUT2D eigenvalue weighted by atomic mass is 9.67. The quantitative estimate of drug-likeness (QED) is 0.792. The maximum atomic E-state index is 12.8. The predicted molar refractivity (Wildman–Crippen MR) is 67.7 cm³/mol. The van der Waals surface area contributed by atoms with Gasteiger partial charge in [-0.2, -0.15) is 0 Å². The van der Waals surface area contributed by atoms with Gasteiger partial charge in [0.15, 0.2) is 0 Å². The van der Waals surface area contributed by atoms with Crippen molar-refractivity contribution >= 4 is 5.91 Å². The summed E-state index contributed by atoms with van der Waals surface area (Å²) in [5.74, 6) is 1.04. The third-order valence-corrected chi connectivity index (χ3v) is 5.41. The molecule has 3 aliphatic rings. The molecule has 0 unspecified atom stereocenters. The van der Waals surface area contributed by atoms with Gasteiger partial charge >= 0.3 is 0 Å². The van der Waals surface area contributed by atoms with E-state index < -0.39 is 0 Å². The maximum absolute atomic E-state index is 12.8. The van der Waals surface area contributed by atoms with E-state index in [4.69, 9.17) is 0 Å². The zero-order valence-corrected chi connectivity index (χ0v) is 10.9. The summed E-state index contributed by atoms with van der Waals surface area (Å²) in [4.78, 5) is 14.9. The second kappa shape index (κ2) is 4.27. The SMILES string of the molecule is CN(C(=O)[C@@]12CCCC[C@H]1CNC2)C1CCC1. The van der Waals surface area contributed by atoms with E-state index in [9.17, 15) is 4.79 Å². The number of nitrogens with zero attached hydrogens (tertiary/aromatic N) is 1. The number of fused-ring (bicyclic) bond motifs is 1. The fourth-order valence-corrected chi connectivity index (χ4v) is 3.96. The van der Waals surface area contributed by atoms with Crippen molar-refractivity contribution in [2.24, 2.45) is 11.3 Å². The van der Waals surface area contributed by atoms with Gasteiger partial charge in [-0.25, -0.2) is 0 Å². The highest BCUT2D eigenvalue weighted by atomic mass is 16.2. The van der Waals surface area contributed by atoms with E-state index in [2.05, 4.69) is 10.2 Å². The van der Waals surface area contributed by atoms with Crippen molar-refractivity contribution in [1.82, 2.24) is 10.2 Å². The standard InChI is InChI=1S/C14H24N2O/c1-16(12-6-4-7-12)13(17)14-8-3-2-5-11(14)9-15-10-14/h11-12,15H,2-10H2,1H3/t11-,14+/m0/s1. The second-order valence-corrected chi connectivity index (χ2v) is 6.23. The third-order valence-electron chi connectivity index (χ3n) is 5.41. The van der Waals surface area contributed by atoms with Crippen LogP contribution in [0.4, 0.5) is 0 Å². The van der Waals surface area contributed by atoms with Gasteiger partial charge in [-0.1, -0.05) is 12.8 Å². The molecular weight excluding hydrogens is 212 g/mol. The summed E-state index contributed by atoms with van der Waals surface area (Å²) in [6.07, 6.45) is 8.65. The fourth-order valence-electron chi connectivity index (χ4n) is 3.96. The molecule has 3 fully saturated rings. The molecule has 3 nitrogen and oxygen atoms in total. The lowest BCUT2D eigenvalue weighted by molar-refractivity contribution is -0.147. The van der Waals surface area contributed by atoms with Gasteiger partial charge in [-0.05, 0) is 44.6 Å². The van der Waals surface area contributed by atoms with Gasteiger partial charge in [-0.15, -0.1) is 0 Å². The molecule has 0 bridgehead atoms. The Bertz CT molecular complexity index is 313. The first-order valence-corrected chi connectivity index (χ1v) is 7.22. The van der Waals surface area contributed by atoms with E-state index in [1.807, 2.05) is 7.05 Å². The smallest absolute Gasteiger partial charge is 0.230 e. The summed E-state index contributed by atoms with van der Waals surface area (Å²) >= 11 is 0. The van der Waals surface area contributed by atoms with E-state index in [1.54, 1.807) is 0 Å². The molecule has 3 heteroatoms. The summed E-state index contributed by atoms with van der Waals surface area (Å²) in [5, 5.41) is 3.47. The minimum Gasteiger partial charge on any atom is -0.342 e. The molecular formula is C14H24N2O. The van der Waals surface area contributed by atoms with Crippen LogP contribution in [-0.2, 0) is 4.79 Å². The van der Waals surface area contributed by atoms with Crippen LogP contribution in [0.3, 0.4) is 0 Å². The van der Waals surface area contributed by atoms with Gasteiger partial charge in [0.2, 0.25) is 5.91 Å². The first-order chi connectivity index (χ1) is 8.24. The molecule has 96 valence electrons. The summed E-state index contributed by atoms with van der Waals surface area (Å²) in [6, 6.07) is 0.542. The zero-order valence-electron chi connectivity index (χ0n) is 10.9. The molecule has 17 heavy (non-hydrogen) atoms. The average Bonchev–Trinajstić information content (AvgIpc) is 2.70. The van der Waals surface area contributed by atoms with Crippen molar-refractivity contribution in [3.05, 3.63) is 0 Å². The van der Waals surface area contributed by atoms with E-state index in [-0.39, 0.29) is 5.41 Å². The Labute approximate surface area is 104 Å². The minimum atomic E-state index is -0.0391. The number of hydrogen-bond acceptors (Lipinski definition) is 2. The zero-order chi connectivity index (χ0) is 11.9. The van der Waals surface area contributed by atoms with E-state index >= 15 is 0 Å². The molecule has 1 heterocycles. The minimum absolute atomic E-state index is 0.0391. The van der Waals surface area contributed by atoms with Crippen molar-refractivity contribution in [2.75, 3.05) is 20.1 Å². The monoisotopic (exact) mass is 236 g/mol. The molecule has 3 rings (SSSR count). The number of carbonyl (C=O) groups is 1. The molecule has 1 amide bonds. The third kappa shape index (κ3) is 1.70. The fraction of sp³-hybridized carbons (Fsp3) is 0.929. The molecule has 1 saturated heterocycles. The Kier molecular flexibility index (Phi) is 2.89. The van der Waals surface area contributed by atoms with Gasteiger partial charge < -0.3 is 10.2 Å². The predicted octanol–water partition coefficient (Wildman–Crippen LogP) is 1.78. The molecule has 0 spiro atoms. The Morgan fingerprint density at radius 1 is 1.24 bits per heavy atom. The van der Waals surface area contributed by atoms with E-state index in [0.29, 0.717) is 17.9 Å².